The van der Waals surface area contributed by atoms with Gasteiger partial charge in [-0.05, 0) is 43.2 Å². The average Bonchev–Trinajstić information content (AvgIpc) is 3.19. The summed E-state index contributed by atoms with van der Waals surface area (Å²) in [6.07, 6.45) is 10.2. The number of allylic oxidation sites excluding steroid dienone is 1. The molecule has 1 aliphatic carbocycles. The van der Waals surface area contributed by atoms with Gasteiger partial charge in [-0.1, -0.05) is 44.4 Å². The van der Waals surface area contributed by atoms with Crippen molar-refractivity contribution in [3.05, 3.63) is 41.9 Å². The van der Waals surface area contributed by atoms with Crippen LogP contribution in [0.1, 0.15) is 68.7 Å². The molecule has 5 rings (SSSR count). The summed E-state index contributed by atoms with van der Waals surface area (Å²) < 4.78 is 0. The van der Waals surface area contributed by atoms with E-state index in [0.29, 0.717) is 11.7 Å². The Kier molecular flexibility index (Phi) is 4.46. The third-order valence-corrected chi connectivity index (χ3v) is 6.53. The fourth-order valence-corrected chi connectivity index (χ4v) is 4.93. The quantitative estimate of drug-likeness (QED) is 0.614. The van der Waals surface area contributed by atoms with Crippen molar-refractivity contribution in [2.24, 2.45) is 0 Å². The fourth-order valence-electron chi connectivity index (χ4n) is 4.93. The Morgan fingerprint density at radius 3 is 2.68 bits per heavy atom. The van der Waals surface area contributed by atoms with Crippen molar-refractivity contribution in [2.45, 2.75) is 63.8 Å². The van der Waals surface area contributed by atoms with Gasteiger partial charge in [0.2, 0.25) is 0 Å². The van der Waals surface area contributed by atoms with E-state index in [1.165, 1.54) is 56.2 Å². The van der Waals surface area contributed by atoms with Crippen LogP contribution in [0.2, 0.25) is 0 Å². The minimum absolute atomic E-state index is 0.541. The van der Waals surface area contributed by atoms with E-state index in [0.717, 1.165) is 47.3 Å². The van der Waals surface area contributed by atoms with Gasteiger partial charge in [-0.25, -0.2) is 9.97 Å². The number of pyridine rings is 1. The molecule has 2 aliphatic rings. The minimum Gasteiger partial charge on any atom is -0.382 e. The van der Waals surface area contributed by atoms with Crippen LogP contribution in [-0.2, 0) is 6.54 Å². The Hall–Kier alpha value is -2.56. The van der Waals surface area contributed by atoms with Gasteiger partial charge in [0.1, 0.15) is 22.7 Å². The van der Waals surface area contributed by atoms with Crippen molar-refractivity contribution in [1.82, 2.24) is 19.9 Å². The molecule has 28 heavy (non-hydrogen) atoms. The monoisotopic (exact) mass is 375 g/mol. The molecule has 2 aromatic heterocycles. The highest BCUT2D eigenvalue weighted by Crippen LogP contribution is 2.35. The van der Waals surface area contributed by atoms with Gasteiger partial charge in [0.15, 0.2) is 0 Å². The lowest BCUT2D eigenvalue weighted by Gasteiger charge is -2.16. The molecular weight excluding hydrogens is 346 g/mol. The molecule has 3 N–H and O–H groups in total. The molecule has 1 aromatic carbocycles. The third kappa shape index (κ3) is 3.13. The van der Waals surface area contributed by atoms with Gasteiger partial charge in [0.05, 0.1) is 12.1 Å². The molecule has 0 amide bonds. The molecule has 2 fully saturated rings. The Balaban J connectivity index is 1.52. The lowest BCUT2D eigenvalue weighted by Crippen LogP contribution is -2.17. The zero-order valence-corrected chi connectivity index (χ0v) is 16.5. The predicted octanol–water partition coefficient (Wildman–Crippen LogP) is 5.24. The number of likely N-dealkylation sites (tertiary alicyclic amines) is 1. The van der Waals surface area contributed by atoms with Crippen LogP contribution in [0.25, 0.3) is 21.9 Å². The summed E-state index contributed by atoms with van der Waals surface area (Å²) in [5.74, 6) is 2.13. The zero-order valence-electron chi connectivity index (χ0n) is 16.5. The molecule has 146 valence electrons. The smallest absolute Gasteiger partial charge is 0.150 e. The van der Waals surface area contributed by atoms with E-state index in [4.69, 9.17) is 15.7 Å². The second-order valence-electron chi connectivity index (χ2n) is 8.46. The van der Waals surface area contributed by atoms with Gasteiger partial charge in [0, 0.05) is 17.6 Å². The van der Waals surface area contributed by atoms with E-state index in [1.807, 2.05) is 0 Å². The molecule has 5 nitrogen and oxygen atoms in total. The number of nitrogens with zero attached hydrogens (tertiary/aromatic N) is 3. The molecule has 1 saturated carbocycles. The molecule has 0 bridgehead atoms. The SMILES string of the molecule is C=C1CCCN1Cc1nc2c([nH]1)c(N)nc1cc(C3CCCCCC3)ccc12. The maximum atomic E-state index is 6.31. The largest absolute Gasteiger partial charge is 0.382 e. The topological polar surface area (TPSA) is 70.8 Å². The molecule has 3 aromatic rings. The number of fused-ring (bicyclic) bond motifs is 3. The standard InChI is InChI=1S/C23H29N5/c1-15-7-6-12-28(15)14-20-26-21-18-11-10-17(16-8-4-2-3-5-9-16)13-19(18)25-23(24)22(21)27-20/h10-11,13,16H,1-9,12,14H2,(H2,24,25)(H,26,27). The first-order valence-electron chi connectivity index (χ1n) is 10.7. The number of aromatic amines is 1. The molecule has 0 atom stereocenters. The predicted molar refractivity (Wildman–Crippen MR) is 115 cm³/mol. The molecule has 0 radical (unpaired) electrons. The van der Waals surface area contributed by atoms with Crippen molar-refractivity contribution in [3.63, 3.8) is 0 Å². The van der Waals surface area contributed by atoms with Crippen LogP contribution in [0.4, 0.5) is 5.82 Å². The van der Waals surface area contributed by atoms with Crippen molar-refractivity contribution in [3.8, 4) is 0 Å². The van der Waals surface area contributed by atoms with Gasteiger partial charge >= 0.3 is 0 Å². The number of anilines is 1. The Morgan fingerprint density at radius 2 is 1.93 bits per heavy atom. The molecule has 0 spiro atoms. The van der Waals surface area contributed by atoms with E-state index in [2.05, 4.69) is 34.7 Å². The van der Waals surface area contributed by atoms with Crippen molar-refractivity contribution < 1.29 is 0 Å². The van der Waals surface area contributed by atoms with Crippen LogP contribution >= 0.6 is 0 Å². The molecule has 3 heterocycles. The number of H-pyrrole nitrogens is 1. The van der Waals surface area contributed by atoms with Gasteiger partial charge in [-0.3, -0.25) is 0 Å². The summed E-state index contributed by atoms with van der Waals surface area (Å²) in [6.45, 7) is 5.97. The van der Waals surface area contributed by atoms with Crippen LogP contribution < -0.4 is 5.73 Å². The maximum Gasteiger partial charge on any atom is 0.150 e. The number of aromatic nitrogens is 3. The van der Waals surface area contributed by atoms with E-state index in [-0.39, 0.29) is 0 Å². The van der Waals surface area contributed by atoms with Crippen molar-refractivity contribution in [1.29, 1.82) is 0 Å². The van der Waals surface area contributed by atoms with Crippen LogP contribution in [0, 0.1) is 0 Å². The molecule has 1 aliphatic heterocycles. The normalized spacial score (nSPS) is 19.0. The molecule has 0 unspecified atom stereocenters. The number of nitrogens with one attached hydrogen (secondary N) is 1. The first-order valence-corrected chi connectivity index (χ1v) is 10.7. The first kappa shape index (κ1) is 17.5. The number of benzene rings is 1. The van der Waals surface area contributed by atoms with Crippen LogP contribution in [0.5, 0.6) is 0 Å². The van der Waals surface area contributed by atoms with Gasteiger partial charge in [-0.15, -0.1) is 0 Å². The summed E-state index contributed by atoms with van der Waals surface area (Å²) in [4.78, 5) is 15.3. The van der Waals surface area contributed by atoms with Gasteiger partial charge in [-0.2, -0.15) is 0 Å². The van der Waals surface area contributed by atoms with E-state index < -0.39 is 0 Å². The lowest BCUT2D eigenvalue weighted by atomic mass is 9.91. The third-order valence-electron chi connectivity index (χ3n) is 6.53. The van der Waals surface area contributed by atoms with E-state index in [9.17, 15) is 0 Å². The summed E-state index contributed by atoms with van der Waals surface area (Å²) in [5, 5.41) is 1.09. The molecular formula is C23H29N5. The number of nitrogen functional groups attached to an aromatic ring is 1. The summed E-state index contributed by atoms with van der Waals surface area (Å²) >= 11 is 0. The van der Waals surface area contributed by atoms with Gasteiger partial charge in [0.25, 0.3) is 0 Å². The highest BCUT2D eigenvalue weighted by atomic mass is 15.2. The van der Waals surface area contributed by atoms with Gasteiger partial charge < -0.3 is 15.6 Å². The minimum atomic E-state index is 0.541. The Bertz CT molecular complexity index is 1030. The summed E-state index contributed by atoms with van der Waals surface area (Å²) in [6, 6.07) is 6.73. The number of hydrogen-bond donors (Lipinski definition) is 2. The number of imidazole rings is 1. The van der Waals surface area contributed by atoms with E-state index >= 15 is 0 Å². The van der Waals surface area contributed by atoms with Crippen molar-refractivity contribution in [2.75, 3.05) is 12.3 Å². The maximum absolute atomic E-state index is 6.31. The average molecular weight is 376 g/mol. The Morgan fingerprint density at radius 1 is 1.11 bits per heavy atom. The van der Waals surface area contributed by atoms with E-state index in [1.54, 1.807) is 0 Å². The molecule has 5 heteroatoms. The van der Waals surface area contributed by atoms with Crippen LogP contribution in [0.3, 0.4) is 0 Å². The number of hydrogen-bond acceptors (Lipinski definition) is 4. The van der Waals surface area contributed by atoms with Crippen LogP contribution in [0.15, 0.2) is 30.5 Å². The second kappa shape index (κ2) is 7.12. The lowest BCUT2D eigenvalue weighted by molar-refractivity contribution is 0.378. The first-order chi connectivity index (χ1) is 13.7. The fraction of sp³-hybridized carbons (Fsp3) is 0.478. The Labute approximate surface area is 166 Å². The number of rotatable bonds is 3. The highest BCUT2D eigenvalue weighted by Gasteiger charge is 2.19. The zero-order chi connectivity index (χ0) is 19.1. The summed E-state index contributed by atoms with van der Waals surface area (Å²) in [5.41, 5.74) is 11.7. The number of nitrogens with two attached hydrogens (primary N) is 1. The van der Waals surface area contributed by atoms with Crippen molar-refractivity contribution >= 4 is 27.8 Å². The summed E-state index contributed by atoms with van der Waals surface area (Å²) in [7, 11) is 0. The highest BCUT2D eigenvalue weighted by molar-refractivity contribution is 6.06. The van der Waals surface area contributed by atoms with Crippen LogP contribution in [-0.4, -0.2) is 26.4 Å². The molecule has 1 saturated heterocycles. The second-order valence-corrected chi connectivity index (χ2v) is 8.46.